The summed E-state index contributed by atoms with van der Waals surface area (Å²) < 4.78 is 6.07. The van der Waals surface area contributed by atoms with E-state index in [-0.39, 0.29) is 5.91 Å². The highest BCUT2D eigenvalue weighted by Crippen LogP contribution is 2.26. The molecule has 2 amide bonds. The minimum Gasteiger partial charge on any atom is -0.394 e. The van der Waals surface area contributed by atoms with Gasteiger partial charge in [-0.25, -0.2) is 0 Å². The second-order valence-corrected chi connectivity index (χ2v) is 15.2. The smallest absolute Gasteiger partial charge is 0.237 e. The van der Waals surface area contributed by atoms with E-state index in [9.17, 15) is 24.9 Å². The number of amides is 2. The van der Waals surface area contributed by atoms with Gasteiger partial charge >= 0.3 is 0 Å². The molecule has 9 heteroatoms. The van der Waals surface area contributed by atoms with Gasteiger partial charge in [-0.15, -0.1) is 0 Å². The number of carbonyl (C=O) groups excluding carboxylic acids is 2. The summed E-state index contributed by atoms with van der Waals surface area (Å²) in [6, 6.07) is -1.90. The molecule has 1 aliphatic heterocycles. The van der Waals surface area contributed by atoms with Crippen LogP contribution in [0, 0.1) is 0 Å². The summed E-state index contributed by atoms with van der Waals surface area (Å²) in [4.78, 5) is 28.0. The lowest BCUT2D eigenvalue weighted by atomic mass is 9.94. The number of nitrogens with one attached hydrogen (secondary N) is 1. The Kier molecular flexibility index (Phi) is 29.3. The number of nitrogens with zero attached hydrogens (tertiary/aromatic N) is 1. The van der Waals surface area contributed by atoms with Crippen LogP contribution in [0.4, 0.5) is 0 Å². The fourth-order valence-corrected chi connectivity index (χ4v) is 7.12. The summed E-state index contributed by atoms with van der Waals surface area (Å²) in [5, 5.41) is 34.3. The zero-order valence-corrected chi connectivity index (χ0v) is 32.8. The molecule has 0 aromatic carbocycles. The predicted octanol–water partition coefficient (Wildman–Crippen LogP) is 8.05. The summed E-state index contributed by atoms with van der Waals surface area (Å²) in [5.41, 5.74) is 5.80. The number of ether oxygens (including phenoxy) is 1. The molecule has 1 rings (SSSR count). The van der Waals surface area contributed by atoms with Gasteiger partial charge in [0.2, 0.25) is 11.8 Å². The van der Waals surface area contributed by atoms with Crippen molar-refractivity contribution < 1.29 is 29.6 Å². The number of aliphatic hydroxyl groups is 3. The van der Waals surface area contributed by atoms with Gasteiger partial charge in [0, 0.05) is 13.0 Å². The number of hydrogen-bond donors (Lipinski definition) is 5. The molecule has 6 N–H and O–H groups in total. The van der Waals surface area contributed by atoms with E-state index >= 15 is 0 Å². The molecule has 50 heavy (non-hydrogen) atoms. The van der Waals surface area contributed by atoms with Crippen LogP contribution in [0.25, 0.3) is 0 Å². The summed E-state index contributed by atoms with van der Waals surface area (Å²) in [6.45, 7) is 5.96. The second kappa shape index (κ2) is 31.3. The standard InChI is InChI=1S/C41H81N3O6/c1-4-6-8-10-12-14-16-18-19-20-21-23-25-27-29-31-36(46)44(32-30-28-26-24-22-17-15-13-11-9-7-5-2)41-37(43-40(49)34(3)42)39(48)38(47)35(33-45)50-41/h34-35,37-39,41,45,47-48H,4-33,42H2,1-3H3,(H,43,49)/t34-,35+,37+,38+,39+,41+/m0/s1. The van der Waals surface area contributed by atoms with E-state index < -0.39 is 49.1 Å². The van der Waals surface area contributed by atoms with Gasteiger partial charge in [0.15, 0.2) is 6.23 Å². The number of unbranched alkanes of at least 4 members (excludes halogenated alkanes) is 25. The molecule has 0 radical (unpaired) electrons. The molecule has 9 nitrogen and oxygen atoms in total. The molecular weight excluding hydrogens is 630 g/mol. The van der Waals surface area contributed by atoms with E-state index in [0.717, 1.165) is 38.5 Å². The van der Waals surface area contributed by atoms with E-state index in [2.05, 4.69) is 19.2 Å². The van der Waals surface area contributed by atoms with Crippen molar-refractivity contribution in [1.82, 2.24) is 10.2 Å². The third-order valence-electron chi connectivity index (χ3n) is 10.5. The van der Waals surface area contributed by atoms with E-state index in [1.54, 1.807) is 11.8 Å². The van der Waals surface area contributed by atoms with Gasteiger partial charge in [-0.1, -0.05) is 174 Å². The highest BCUT2D eigenvalue weighted by atomic mass is 16.5. The maximum Gasteiger partial charge on any atom is 0.237 e. The van der Waals surface area contributed by atoms with Gasteiger partial charge in [-0.3, -0.25) is 9.59 Å². The number of hydrogen-bond acceptors (Lipinski definition) is 7. The fourth-order valence-electron chi connectivity index (χ4n) is 7.12. The van der Waals surface area contributed by atoms with E-state index in [0.29, 0.717) is 13.0 Å². The van der Waals surface area contributed by atoms with Crippen LogP contribution in [0.2, 0.25) is 0 Å². The Balaban J connectivity index is 2.59. The number of rotatable bonds is 33. The van der Waals surface area contributed by atoms with E-state index in [4.69, 9.17) is 10.5 Å². The van der Waals surface area contributed by atoms with Crippen LogP contribution in [0.15, 0.2) is 0 Å². The molecule has 1 heterocycles. The first-order valence-electron chi connectivity index (χ1n) is 21.3. The van der Waals surface area contributed by atoms with Crippen molar-refractivity contribution in [1.29, 1.82) is 0 Å². The van der Waals surface area contributed by atoms with Crippen LogP contribution in [0.1, 0.15) is 201 Å². The molecular formula is C41H81N3O6. The van der Waals surface area contributed by atoms with Crippen molar-refractivity contribution in [2.45, 2.75) is 237 Å². The number of carbonyl (C=O) groups is 2. The maximum atomic E-state index is 13.8. The van der Waals surface area contributed by atoms with Gasteiger partial charge in [-0.05, 0) is 19.8 Å². The van der Waals surface area contributed by atoms with Crippen molar-refractivity contribution in [3.05, 3.63) is 0 Å². The molecule has 6 atom stereocenters. The average molecular weight is 712 g/mol. The molecule has 0 spiro atoms. The topological polar surface area (TPSA) is 145 Å². The summed E-state index contributed by atoms with van der Waals surface area (Å²) in [7, 11) is 0. The van der Waals surface area contributed by atoms with Crippen LogP contribution in [0.3, 0.4) is 0 Å². The number of aliphatic hydroxyl groups excluding tert-OH is 3. The minimum absolute atomic E-state index is 0.0897. The van der Waals surface area contributed by atoms with Gasteiger partial charge in [0.05, 0.1) is 12.6 Å². The lowest BCUT2D eigenvalue weighted by molar-refractivity contribution is -0.231. The highest BCUT2D eigenvalue weighted by Gasteiger charge is 2.48. The van der Waals surface area contributed by atoms with Crippen LogP contribution >= 0.6 is 0 Å². The van der Waals surface area contributed by atoms with Gasteiger partial charge < -0.3 is 36.0 Å². The first-order valence-corrected chi connectivity index (χ1v) is 21.3. The average Bonchev–Trinajstić information content (AvgIpc) is 3.10. The Morgan fingerprint density at radius 2 is 1.02 bits per heavy atom. The Morgan fingerprint density at radius 1 is 0.640 bits per heavy atom. The Morgan fingerprint density at radius 3 is 1.40 bits per heavy atom. The molecule has 0 aromatic rings. The van der Waals surface area contributed by atoms with Crippen molar-refractivity contribution in [3.8, 4) is 0 Å². The van der Waals surface area contributed by atoms with E-state index in [1.807, 2.05) is 0 Å². The first kappa shape index (κ1) is 46.8. The molecule has 296 valence electrons. The molecule has 0 aromatic heterocycles. The van der Waals surface area contributed by atoms with Crippen molar-refractivity contribution >= 4 is 11.8 Å². The second-order valence-electron chi connectivity index (χ2n) is 15.2. The molecule has 0 bridgehead atoms. The predicted molar refractivity (Wildman–Crippen MR) is 206 cm³/mol. The zero-order chi connectivity index (χ0) is 36.8. The van der Waals surface area contributed by atoms with Gasteiger partial charge in [-0.2, -0.15) is 0 Å². The monoisotopic (exact) mass is 712 g/mol. The molecule has 0 aliphatic carbocycles. The van der Waals surface area contributed by atoms with Crippen LogP contribution < -0.4 is 11.1 Å². The molecule has 0 unspecified atom stereocenters. The van der Waals surface area contributed by atoms with Crippen LogP contribution in [-0.2, 0) is 14.3 Å². The van der Waals surface area contributed by atoms with Crippen molar-refractivity contribution in [3.63, 3.8) is 0 Å². The lowest BCUT2D eigenvalue weighted by Gasteiger charge is -2.47. The Hall–Kier alpha value is -1.26. The summed E-state index contributed by atoms with van der Waals surface area (Å²) >= 11 is 0. The molecule has 1 saturated heterocycles. The highest BCUT2D eigenvalue weighted by molar-refractivity contribution is 5.81. The zero-order valence-electron chi connectivity index (χ0n) is 32.8. The van der Waals surface area contributed by atoms with Crippen LogP contribution in [0.5, 0.6) is 0 Å². The van der Waals surface area contributed by atoms with Crippen molar-refractivity contribution in [2.24, 2.45) is 5.73 Å². The third-order valence-corrected chi connectivity index (χ3v) is 10.5. The van der Waals surface area contributed by atoms with Crippen LogP contribution in [-0.4, -0.2) is 81.8 Å². The lowest BCUT2D eigenvalue weighted by Crippen LogP contribution is -2.69. The Bertz CT molecular complexity index is 815. The normalized spacial score (nSPS) is 21.3. The summed E-state index contributed by atoms with van der Waals surface area (Å²) in [5.74, 6) is -0.592. The van der Waals surface area contributed by atoms with Gasteiger partial charge in [0.1, 0.15) is 24.4 Å². The first-order chi connectivity index (χ1) is 24.3. The van der Waals surface area contributed by atoms with Crippen molar-refractivity contribution in [2.75, 3.05) is 13.2 Å². The quantitative estimate of drug-likeness (QED) is 0.0433. The Labute approximate surface area is 307 Å². The molecule has 1 aliphatic rings. The third kappa shape index (κ3) is 21.3. The summed E-state index contributed by atoms with van der Waals surface area (Å²) in [6.07, 6.45) is 28.7. The minimum atomic E-state index is -1.42. The van der Waals surface area contributed by atoms with E-state index in [1.165, 1.54) is 135 Å². The largest absolute Gasteiger partial charge is 0.394 e. The SMILES string of the molecule is CCCCCCCCCCCCCCCCCC(=O)N(CCCCCCCCCCCCCC)[C@@H]1O[C@H](CO)[C@@H](O)[C@H](O)[C@H]1NC(=O)[C@H](C)N. The fraction of sp³-hybridized carbons (Fsp3) is 0.951. The molecule has 0 saturated carbocycles. The van der Waals surface area contributed by atoms with Gasteiger partial charge in [0.25, 0.3) is 0 Å². The molecule has 1 fully saturated rings. The maximum absolute atomic E-state index is 13.8. The number of nitrogens with two attached hydrogens (primary N) is 1.